The highest BCUT2D eigenvalue weighted by atomic mass is 16.5. The Morgan fingerprint density at radius 2 is 1.65 bits per heavy atom. The predicted molar refractivity (Wildman–Crippen MR) is 99.9 cm³/mol. The first-order valence-electron chi connectivity index (χ1n) is 9.01. The fourth-order valence-electron chi connectivity index (χ4n) is 3.20. The van der Waals surface area contributed by atoms with Crippen molar-refractivity contribution >= 4 is 11.8 Å². The summed E-state index contributed by atoms with van der Waals surface area (Å²) < 4.78 is 7.26. The summed E-state index contributed by atoms with van der Waals surface area (Å²) in [6.45, 7) is 3.85. The van der Waals surface area contributed by atoms with Gasteiger partial charge in [0.2, 0.25) is 0 Å². The van der Waals surface area contributed by atoms with Gasteiger partial charge in [0.1, 0.15) is 5.75 Å². The molecule has 26 heavy (non-hydrogen) atoms. The zero-order valence-electron chi connectivity index (χ0n) is 15.2. The number of aromatic nitrogens is 1. The van der Waals surface area contributed by atoms with E-state index in [4.69, 9.17) is 4.74 Å². The molecule has 1 saturated carbocycles. The quantitative estimate of drug-likeness (QED) is 0.837. The third-order valence-electron chi connectivity index (χ3n) is 4.69. The molecular weight excluding hydrogens is 330 g/mol. The number of hydrogen-bond acceptors (Lipinski definition) is 3. The van der Waals surface area contributed by atoms with Gasteiger partial charge in [-0.25, -0.2) is 0 Å². The van der Waals surface area contributed by atoms with Crippen LogP contribution in [0.1, 0.15) is 47.4 Å². The molecule has 1 heterocycles. The van der Waals surface area contributed by atoms with Crippen LogP contribution in [0, 0.1) is 13.8 Å². The van der Waals surface area contributed by atoms with Crippen LogP contribution in [0.25, 0.3) is 0 Å². The Kier molecular flexibility index (Phi) is 5.61. The maximum absolute atomic E-state index is 12.4. The predicted octanol–water partition coefficient (Wildman–Crippen LogP) is 2.93. The molecule has 0 atom stereocenters. The maximum atomic E-state index is 12.4. The SMILES string of the molecule is Cc1ccc(C)n1NC(=O)c1ccc(OCC(=O)NC2CCCC2)cc1. The lowest BCUT2D eigenvalue weighted by Gasteiger charge is -2.13. The highest BCUT2D eigenvalue weighted by molar-refractivity contribution is 6.00. The third-order valence-corrected chi connectivity index (χ3v) is 4.69. The number of aryl methyl sites for hydroxylation is 2. The molecule has 6 nitrogen and oxygen atoms in total. The van der Waals surface area contributed by atoms with E-state index >= 15 is 0 Å². The van der Waals surface area contributed by atoms with E-state index in [1.807, 2.05) is 26.0 Å². The molecule has 1 aliphatic rings. The van der Waals surface area contributed by atoms with E-state index in [1.165, 1.54) is 12.8 Å². The molecule has 1 fully saturated rings. The lowest BCUT2D eigenvalue weighted by Crippen LogP contribution is -2.36. The van der Waals surface area contributed by atoms with Crippen molar-refractivity contribution in [2.75, 3.05) is 12.0 Å². The highest BCUT2D eigenvalue weighted by Gasteiger charge is 2.17. The fraction of sp³-hybridized carbons (Fsp3) is 0.400. The first-order valence-corrected chi connectivity index (χ1v) is 9.01. The van der Waals surface area contributed by atoms with Crippen molar-refractivity contribution in [2.45, 2.75) is 45.6 Å². The Morgan fingerprint density at radius 1 is 1.04 bits per heavy atom. The Bertz CT molecular complexity index is 755. The molecule has 0 saturated heterocycles. The van der Waals surface area contributed by atoms with E-state index in [0.717, 1.165) is 24.2 Å². The van der Waals surface area contributed by atoms with Gasteiger partial charge in [-0.05, 0) is 63.1 Å². The van der Waals surface area contributed by atoms with Crippen LogP contribution in [0.2, 0.25) is 0 Å². The average molecular weight is 355 g/mol. The van der Waals surface area contributed by atoms with Gasteiger partial charge in [-0.2, -0.15) is 0 Å². The van der Waals surface area contributed by atoms with Crippen molar-refractivity contribution in [1.82, 2.24) is 9.99 Å². The zero-order chi connectivity index (χ0) is 18.5. The topological polar surface area (TPSA) is 72.4 Å². The van der Waals surface area contributed by atoms with E-state index < -0.39 is 0 Å². The number of hydrogen-bond donors (Lipinski definition) is 2. The van der Waals surface area contributed by atoms with E-state index in [1.54, 1.807) is 28.9 Å². The Labute approximate surface area is 153 Å². The van der Waals surface area contributed by atoms with Gasteiger partial charge >= 0.3 is 0 Å². The number of carbonyl (C=O) groups is 2. The average Bonchev–Trinajstić information content (AvgIpc) is 3.25. The van der Waals surface area contributed by atoms with Gasteiger partial charge in [0.05, 0.1) is 0 Å². The van der Waals surface area contributed by atoms with Crippen molar-refractivity contribution in [3.8, 4) is 5.75 Å². The minimum Gasteiger partial charge on any atom is -0.484 e. The summed E-state index contributed by atoms with van der Waals surface area (Å²) in [5.74, 6) is 0.270. The van der Waals surface area contributed by atoms with Gasteiger partial charge < -0.3 is 10.1 Å². The molecule has 1 aliphatic carbocycles. The number of nitrogens with zero attached hydrogens (tertiary/aromatic N) is 1. The van der Waals surface area contributed by atoms with Gasteiger partial charge in [0, 0.05) is 23.0 Å². The Balaban J connectivity index is 1.51. The second-order valence-electron chi connectivity index (χ2n) is 6.75. The van der Waals surface area contributed by atoms with Crippen molar-refractivity contribution < 1.29 is 14.3 Å². The number of rotatable bonds is 6. The van der Waals surface area contributed by atoms with Crippen LogP contribution in [0.3, 0.4) is 0 Å². The molecule has 0 aliphatic heterocycles. The maximum Gasteiger partial charge on any atom is 0.270 e. The zero-order valence-corrected chi connectivity index (χ0v) is 15.2. The molecule has 2 aromatic rings. The van der Waals surface area contributed by atoms with Crippen molar-refractivity contribution in [3.05, 3.63) is 53.3 Å². The van der Waals surface area contributed by atoms with Crippen LogP contribution in [0.5, 0.6) is 5.75 Å². The molecule has 0 radical (unpaired) electrons. The molecule has 0 bridgehead atoms. The van der Waals surface area contributed by atoms with E-state index in [2.05, 4.69) is 10.7 Å². The van der Waals surface area contributed by atoms with E-state index in [-0.39, 0.29) is 24.5 Å². The third kappa shape index (κ3) is 4.45. The lowest BCUT2D eigenvalue weighted by molar-refractivity contribution is -0.123. The van der Waals surface area contributed by atoms with Gasteiger partial charge in [-0.15, -0.1) is 0 Å². The molecule has 6 heteroatoms. The van der Waals surface area contributed by atoms with Crippen LogP contribution in [0.4, 0.5) is 0 Å². The first kappa shape index (κ1) is 18.0. The van der Waals surface area contributed by atoms with Gasteiger partial charge in [0.25, 0.3) is 11.8 Å². The van der Waals surface area contributed by atoms with Gasteiger partial charge in [-0.3, -0.25) is 19.7 Å². The molecule has 3 rings (SSSR count). The van der Waals surface area contributed by atoms with Gasteiger partial charge in [0.15, 0.2) is 6.61 Å². The summed E-state index contributed by atoms with van der Waals surface area (Å²) in [6.07, 6.45) is 4.46. The Hall–Kier alpha value is -2.76. The van der Waals surface area contributed by atoms with Crippen LogP contribution >= 0.6 is 0 Å². The van der Waals surface area contributed by atoms with Crippen LogP contribution in [-0.2, 0) is 4.79 Å². The minimum atomic E-state index is -0.196. The summed E-state index contributed by atoms with van der Waals surface area (Å²) in [4.78, 5) is 24.2. The van der Waals surface area contributed by atoms with Gasteiger partial charge in [-0.1, -0.05) is 12.8 Å². The second kappa shape index (κ2) is 8.08. The van der Waals surface area contributed by atoms with E-state index in [9.17, 15) is 9.59 Å². The monoisotopic (exact) mass is 355 g/mol. The number of nitrogens with one attached hydrogen (secondary N) is 2. The van der Waals surface area contributed by atoms with Crippen LogP contribution < -0.4 is 15.5 Å². The largest absolute Gasteiger partial charge is 0.484 e. The van der Waals surface area contributed by atoms with E-state index in [0.29, 0.717) is 11.3 Å². The molecule has 2 amide bonds. The molecule has 0 unspecified atom stereocenters. The molecule has 0 spiro atoms. The van der Waals surface area contributed by atoms with Crippen LogP contribution in [0.15, 0.2) is 36.4 Å². The summed E-state index contributed by atoms with van der Waals surface area (Å²) in [7, 11) is 0. The fourth-order valence-corrected chi connectivity index (χ4v) is 3.20. The summed E-state index contributed by atoms with van der Waals surface area (Å²) in [6, 6.07) is 11.0. The first-order chi connectivity index (χ1) is 12.5. The summed E-state index contributed by atoms with van der Waals surface area (Å²) in [5, 5.41) is 2.98. The molecule has 2 N–H and O–H groups in total. The highest BCUT2D eigenvalue weighted by Crippen LogP contribution is 2.17. The number of carbonyl (C=O) groups excluding carboxylic acids is 2. The van der Waals surface area contributed by atoms with Crippen LogP contribution in [-0.4, -0.2) is 29.1 Å². The molecule has 1 aromatic carbocycles. The molecular formula is C20H25N3O3. The smallest absolute Gasteiger partial charge is 0.270 e. The molecule has 138 valence electrons. The normalized spacial score (nSPS) is 14.2. The summed E-state index contributed by atoms with van der Waals surface area (Å²) in [5.41, 5.74) is 5.31. The number of ether oxygens (including phenoxy) is 1. The van der Waals surface area contributed by atoms with Crippen molar-refractivity contribution in [1.29, 1.82) is 0 Å². The number of benzene rings is 1. The van der Waals surface area contributed by atoms with Crippen molar-refractivity contribution in [3.63, 3.8) is 0 Å². The summed E-state index contributed by atoms with van der Waals surface area (Å²) >= 11 is 0. The second-order valence-corrected chi connectivity index (χ2v) is 6.75. The standard InChI is InChI=1S/C20H25N3O3/c1-14-7-8-15(2)23(14)22-20(25)16-9-11-18(12-10-16)26-13-19(24)21-17-5-3-4-6-17/h7-12,17H,3-6,13H2,1-2H3,(H,21,24)(H,22,25). The van der Waals surface area contributed by atoms with Crippen molar-refractivity contribution in [2.24, 2.45) is 0 Å². The number of amides is 2. The minimum absolute atomic E-state index is 0.0101. The lowest BCUT2D eigenvalue weighted by atomic mass is 10.2. The molecule has 1 aromatic heterocycles. The Morgan fingerprint density at radius 3 is 2.27 bits per heavy atom.